The van der Waals surface area contributed by atoms with Gasteiger partial charge < -0.3 is 9.13 Å². The summed E-state index contributed by atoms with van der Waals surface area (Å²) in [5, 5.41) is 10.2. The Balaban J connectivity index is 1.40. The van der Waals surface area contributed by atoms with Crippen molar-refractivity contribution in [3.63, 3.8) is 0 Å². The summed E-state index contributed by atoms with van der Waals surface area (Å²) in [4.78, 5) is 0. The van der Waals surface area contributed by atoms with Crippen molar-refractivity contribution in [2.45, 2.75) is 19.3 Å². The van der Waals surface area contributed by atoms with Gasteiger partial charge in [0.2, 0.25) is 0 Å². The predicted octanol–water partition coefficient (Wildman–Crippen LogP) is 12.5. The van der Waals surface area contributed by atoms with Crippen molar-refractivity contribution in [2.24, 2.45) is 0 Å². The molecule has 11 rings (SSSR count). The van der Waals surface area contributed by atoms with Gasteiger partial charge in [-0.15, -0.1) is 0 Å². The minimum atomic E-state index is -0.0960. The summed E-state index contributed by atoms with van der Waals surface area (Å²) >= 11 is 0. The molecule has 2 aromatic heterocycles. The van der Waals surface area contributed by atoms with E-state index in [1.54, 1.807) is 0 Å². The van der Waals surface area contributed by atoms with Gasteiger partial charge in [0.05, 0.1) is 22.1 Å². The van der Waals surface area contributed by atoms with Gasteiger partial charge >= 0.3 is 0 Å². The van der Waals surface area contributed by atoms with Crippen LogP contribution in [0.15, 0.2) is 158 Å². The molecule has 0 aliphatic heterocycles. The summed E-state index contributed by atoms with van der Waals surface area (Å²) in [6.07, 6.45) is 0. The van der Waals surface area contributed by atoms with Crippen LogP contribution in [-0.2, 0) is 5.41 Å². The molecule has 0 saturated heterocycles. The van der Waals surface area contributed by atoms with Gasteiger partial charge in [-0.2, -0.15) is 0 Å². The summed E-state index contributed by atoms with van der Waals surface area (Å²) in [5.74, 6) is 0. The van der Waals surface area contributed by atoms with Crippen LogP contribution in [0.1, 0.15) is 25.0 Å². The summed E-state index contributed by atoms with van der Waals surface area (Å²) in [7, 11) is 0. The van der Waals surface area contributed by atoms with Crippen molar-refractivity contribution in [1.82, 2.24) is 9.13 Å². The van der Waals surface area contributed by atoms with Crippen molar-refractivity contribution in [3.05, 3.63) is 169 Å². The number of hydrogen-bond acceptors (Lipinski definition) is 0. The molecule has 10 aromatic rings. The predicted molar refractivity (Wildman–Crippen MR) is 208 cm³/mol. The van der Waals surface area contributed by atoms with Crippen LogP contribution >= 0.6 is 0 Å². The second kappa shape index (κ2) is 9.49. The molecule has 1 aliphatic rings. The molecule has 0 atom stereocenters. The Morgan fingerprint density at radius 1 is 0.388 bits per heavy atom. The van der Waals surface area contributed by atoms with Crippen LogP contribution in [0.5, 0.6) is 0 Å². The van der Waals surface area contributed by atoms with E-state index in [0.29, 0.717) is 0 Å². The number of hydrogen-bond donors (Lipinski definition) is 0. The second-order valence-electron chi connectivity index (χ2n) is 14.1. The van der Waals surface area contributed by atoms with E-state index in [1.165, 1.54) is 98.8 Å². The Kier molecular flexibility index (Phi) is 5.21. The van der Waals surface area contributed by atoms with E-state index >= 15 is 0 Å². The van der Waals surface area contributed by atoms with Crippen LogP contribution < -0.4 is 0 Å². The summed E-state index contributed by atoms with van der Waals surface area (Å²) < 4.78 is 5.06. The van der Waals surface area contributed by atoms with Gasteiger partial charge in [0.1, 0.15) is 0 Å². The first-order valence-corrected chi connectivity index (χ1v) is 17.2. The van der Waals surface area contributed by atoms with Crippen LogP contribution in [0.25, 0.3) is 87.7 Å². The van der Waals surface area contributed by atoms with E-state index in [2.05, 4.69) is 181 Å². The van der Waals surface area contributed by atoms with Crippen molar-refractivity contribution < 1.29 is 0 Å². The lowest BCUT2D eigenvalue weighted by Crippen LogP contribution is -2.15. The molecule has 0 amide bonds. The van der Waals surface area contributed by atoms with Crippen molar-refractivity contribution in [3.8, 4) is 22.5 Å². The molecular formula is C47H32N2. The number of nitrogens with zero attached hydrogens (tertiary/aromatic N) is 2. The van der Waals surface area contributed by atoms with Gasteiger partial charge in [-0.25, -0.2) is 0 Å². The average molecular weight is 625 g/mol. The number of rotatable bonds is 2. The van der Waals surface area contributed by atoms with Crippen molar-refractivity contribution >= 4 is 65.2 Å². The van der Waals surface area contributed by atoms with Crippen LogP contribution in [-0.4, -0.2) is 9.13 Å². The van der Waals surface area contributed by atoms with Crippen LogP contribution in [0.2, 0.25) is 0 Å². The standard InChI is InChI=1S/C47H32N2/c1-47(2)39-22-12-10-18-33(39)34-27-25-31(28-40(34)47)49-44-32-17-7-6-14-29(32)24-26-38(44)43-42-37-21-11-13-23-41(37)48(30-15-4-3-5-16-30)45(42)35-19-8-9-20-36(35)46(43)49/h3-28H,1-2H3. The maximum atomic E-state index is 2.59. The van der Waals surface area contributed by atoms with E-state index in [0.717, 1.165) is 0 Å². The number of fused-ring (bicyclic) bond motifs is 15. The lowest BCUT2D eigenvalue weighted by atomic mass is 9.82. The fraction of sp³-hybridized carbons (Fsp3) is 0.0638. The molecule has 0 saturated carbocycles. The first-order valence-electron chi connectivity index (χ1n) is 17.2. The largest absolute Gasteiger partial charge is 0.309 e. The lowest BCUT2D eigenvalue weighted by Gasteiger charge is -2.22. The lowest BCUT2D eigenvalue weighted by molar-refractivity contribution is 0.660. The Morgan fingerprint density at radius 2 is 1.00 bits per heavy atom. The zero-order valence-electron chi connectivity index (χ0n) is 27.4. The molecule has 0 bridgehead atoms. The SMILES string of the molecule is CC1(C)c2ccccc2-c2ccc(-n3c4c5ccccc5ccc4c4c5c6ccccc6n(-c6ccccc6)c5c5ccccc5c43)cc21. The van der Waals surface area contributed by atoms with Crippen LogP contribution in [0.4, 0.5) is 0 Å². The normalized spacial score (nSPS) is 13.7. The highest BCUT2D eigenvalue weighted by Crippen LogP contribution is 2.51. The van der Waals surface area contributed by atoms with Crippen LogP contribution in [0, 0.1) is 0 Å². The monoisotopic (exact) mass is 624 g/mol. The molecule has 2 nitrogen and oxygen atoms in total. The Morgan fingerprint density at radius 3 is 1.82 bits per heavy atom. The molecule has 0 radical (unpaired) electrons. The molecule has 0 N–H and O–H groups in total. The maximum absolute atomic E-state index is 2.59. The van der Waals surface area contributed by atoms with Crippen molar-refractivity contribution in [1.29, 1.82) is 0 Å². The highest BCUT2D eigenvalue weighted by Gasteiger charge is 2.36. The summed E-state index contributed by atoms with van der Waals surface area (Å²) in [6.45, 7) is 4.75. The summed E-state index contributed by atoms with van der Waals surface area (Å²) in [6, 6.07) is 58.5. The fourth-order valence-corrected chi connectivity index (χ4v) is 9.14. The first kappa shape index (κ1) is 26.9. The average Bonchev–Trinajstić information content (AvgIpc) is 3.76. The molecule has 8 aromatic carbocycles. The van der Waals surface area contributed by atoms with Crippen LogP contribution in [0.3, 0.4) is 0 Å². The van der Waals surface area contributed by atoms with Gasteiger partial charge in [-0.05, 0) is 58.0 Å². The minimum absolute atomic E-state index is 0.0960. The third kappa shape index (κ3) is 3.40. The van der Waals surface area contributed by atoms with E-state index in [9.17, 15) is 0 Å². The Hall–Kier alpha value is -6.12. The second-order valence-corrected chi connectivity index (χ2v) is 14.1. The third-order valence-corrected chi connectivity index (χ3v) is 11.3. The van der Waals surface area contributed by atoms with E-state index in [1.807, 2.05) is 0 Å². The smallest absolute Gasteiger partial charge is 0.0627 e. The molecule has 0 fully saturated rings. The molecule has 2 heteroatoms. The van der Waals surface area contributed by atoms with E-state index < -0.39 is 0 Å². The number of aromatic nitrogens is 2. The zero-order valence-corrected chi connectivity index (χ0v) is 27.4. The highest BCUT2D eigenvalue weighted by molar-refractivity contribution is 6.38. The summed E-state index contributed by atoms with van der Waals surface area (Å²) in [5.41, 5.74) is 12.8. The molecule has 0 spiro atoms. The van der Waals surface area contributed by atoms with Gasteiger partial charge in [-0.3, -0.25) is 0 Å². The number of para-hydroxylation sites is 2. The topological polar surface area (TPSA) is 9.86 Å². The fourth-order valence-electron chi connectivity index (χ4n) is 9.14. The van der Waals surface area contributed by atoms with Gasteiger partial charge in [-0.1, -0.05) is 141 Å². The Bertz CT molecular complexity index is 3010. The van der Waals surface area contributed by atoms with E-state index in [4.69, 9.17) is 0 Å². The minimum Gasteiger partial charge on any atom is -0.309 e. The zero-order chi connectivity index (χ0) is 32.4. The first-order chi connectivity index (χ1) is 24.1. The third-order valence-electron chi connectivity index (χ3n) is 11.3. The maximum Gasteiger partial charge on any atom is 0.0627 e. The van der Waals surface area contributed by atoms with E-state index in [-0.39, 0.29) is 5.41 Å². The Labute approximate surface area is 284 Å². The molecule has 0 unspecified atom stereocenters. The van der Waals surface area contributed by atoms with Gasteiger partial charge in [0.15, 0.2) is 0 Å². The quantitative estimate of drug-likeness (QED) is 0.181. The molecular weight excluding hydrogens is 593 g/mol. The molecule has 230 valence electrons. The molecule has 2 heterocycles. The molecule has 49 heavy (non-hydrogen) atoms. The van der Waals surface area contributed by atoms with Gasteiger partial charge in [0.25, 0.3) is 0 Å². The molecule has 1 aliphatic carbocycles. The van der Waals surface area contributed by atoms with Crippen molar-refractivity contribution in [2.75, 3.05) is 0 Å². The highest BCUT2D eigenvalue weighted by atomic mass is 15.0. The number of benzene rings is 8. The van der Waals surface area contributed by atoms with Gasteiger partial charge in [0, 0.05) is 54.5 Å².